The predicted octanol–water partition coefficient (Wildman–Crippen LogP) is 2.97. The standard InChI is InChI=1S/C18H21ClN2O3S/c19-14-4-1-2-5-16(14)24-13-18(22)20-12-15(17-6-3-11-25-17)21-7-9-23-10-8-21/h1-6,11,15H,7-10,12-13H2,(H,20,22)/t15-/m0/s1. The first kappa shape index (κ1) is 18.2. The van der Waals surface area contributed by atoms with Gasteiger partial charge in [-0.05, 0) is 23.6 Å². The van der Waals surface area contributed by atoms with Gasteiger partial charge in [0.2, 0.25) is 0 Å². The highest BCUT2D eigenvalue weighted by atomic mass is 35.5. The maximum absolute atomic E-state index is 12.2. The van der Waals surface area contributed by atoms with E-state index < -0.39 is 0 Å². The van der Waals surface area contributed by atoms with Crippen LogP contribution in [0.4, 0.5) is 0 Å². The van der Waals surface area contributed by atoms with Crippen molar-refractivity contribution >= 4 is 28.8 Å². The summed E-state index contributed by atoms with van der Waals surface area (Å²) in [5, 5.41) is 5.54. The molecule has 0 unspecified atom stereocenters. The molecule has 0 bridgehead atoms. The van der Waals surface area contributed by atoms with Crippen LogP contribution in [0.25, 0.3) is 0 Å². The molecule has 1 N–H and O–H groups in total. The fourth-order valence-electron chi connectivity index (χ4n) is 2.75. The first-order chi connectivity index (χ1) is 12.2. The van der Waals surface area contributed by atoms with E-state index in [1.165, 1.54) is 4.88 Å². The summed E-state index contributed by atoms with van der Waals surface area (Å²) in [6, 6.07) is 11.4. The van der Waals surface area contributed by atoms with E-state index in [1.807, 2.05) is 18.2 Å². The number of halogens is 1. The molecule has 3 rings (SSSR count). The van der Waals surface area contributed by atoms with Crippen LogP contribution in [0.15, 0.2) is 41.8 Å². The summed E-state index contributed by atoms with van der Waals surface area (Å²) in [5.41, 5.74) is 0. The first-order valence-electron chi connectivity index (χ1n) is 8.23. The highest BCUT2D eigenvalue weighted by Gasteiger charge is 2.24. The molecule has 1 aliphatic heterocycles. The molecule has 1 atom stereocenters. The van der Waals surface area contributed by atoms with Crippen LogP contribution in [0.1, 0.15) is 10.9 Å². The van der Waals surface area contributed by atoms with E-state index in [2.05, 4.69) is 21.7 Å². The molecule has 0 radical (unpaired) electrons. The van der Waals surface area contributed by atoms with Gasteiger partial charge >= 0.3 is 0 Å². The smallest absolute Gasteiger partial charge is 0.258 e. The number of thiophene rings is 1. The van der Waals surface area contributed by atoms with Gasteiger partial charge in [0.1, 0.15) is 5.75 Å². The molecule has 1 fully saturated rings. The second-order valence-electron chi connectivity index (χ2n) is 5.70. The molecular weight excluding hydrogens is 360 g/mol. The summed E-state index contributed by atoms with van der Waals surface area (Å²) in [4.78, 5) is 15.8. The van der Waals surface area contributed by atoms with Crippen LogP contribution < -0.4 is 10.1 Å². The van der Waals surface area contributed by atoms with Crippen molar-refractivity contribution in [2.24, 2.45) is 0 Å². The number of amides is 1. The third-order valence-corrected chi connectivity index (χ3v) is 5.33. The number of carbonyl (C=O) groups excluding carboxylic acids is 1. The van der Waals surface area contributed by atoms with Crippen molar-refractivity contribution in [3.63, 3.8) is 0 Å². The predicted molar refractivity (Wildman–Crippen MR) is 99.4 cm³/mol. The summed E-state index contributed by atoms with van der Waals surface area (Å²) in [5.74, 6) is 0.358. The minimum Gasteiger partial charge on any atom is -0.482 e. The lowest BCUT2D eigenvalue weighted by Crippen LogP contribution is -2.44. The number of hydrogen-bond acceptors (Lipinski definition) is 5. The Morgan fingerprint density at radius 2 is 2.08 bits per heavy atom. The molecule has 1 aromatic heterocycles. The van der Waals surface area contributed by atoms with Gasteiger partial charge in [-0.25, -0.2) is 0 Å². The highest BCUT2D eigenvalue weighted by Crippen LogP contribution is 2.25. The molecule has 2 aromatic rings. The molecule has 0 saturated carbocycles. The number of morpholine rings is 1. The Labute approximate surface area is 156 Å². The van der Waals surface area contributed by atoms with Crippen LogP contribution in [0.2, 0.25) is 5.02 Å². The summed E-state index contributed by atoms with van der Waals surface area (Å²) < 4.78 is 10.9. The Hall–Kier alpha value is -1.60. The number of hydrogen-bond donors (Lipinski definition) is 1. The van der Waals surface area contributed by atoms with Crippen LogP contribution in [0.3, 0.4) is 0 Å². The lowest BCUT2D eigenvalue weighted by atomic mass is 10.2. The fourth-order valence-corrected chi connectivity index (χ4v) is 3.80. The van der Waals surface area contributed by atoms with Crippen molar-refractivity contribution in [3.8, 4) is 5.75 Å². The molecule has 25 heavy (non-hydrogen) atoms. The van der Waals surface area contributed by atoms with E-state index >= 15 is 0 Å². The average molecular weight is 381 g/mol. The normalized spacial score (nSPS) is 16.4. The van der Waals surface area contributed by atoms with E-state index in [-0.39, 0.29) is 18.6 Å². The Balaban J connectivity index is 1.53. The van der Waals surface area contributed by atoms with E-state index in [0.29, 0.717) is 17.3 Å². The Morgan fingerprint density at radius 1 is 1.28 bits per heavy atom. The molecule has 1 saturated heterocycles. The monoisotopic (exact) mass is 380 g/mol. The third kappa shape index (κ3) is 5.19. The molecule has 1 aliphatic rings. The van der Waals surface area contributed by atoms with Crippen molar-refractivity contribution in [1.29, 1.82) is 0 Å². The molecule has 0 spiro atoms. The van der Waals surface area contributed by atoms with E-state index in [4.69, 9.17) is 21.1 Å². The summed E-state index contributed by atoms with van der Waals surface area (Å²) in [6.45, 7) is 3.69. The van der Waals surface area contributed by atoms with Gasteiger partial charge in [-0.15, -0.1) is 11.3 Å². The van der Waals surface area contributed by atoms with E-state index in [1.54, 1.807) is 23.5 Å². The molecule has 134 valence electrons. The van der Waals surface area contributed by atoms with E-state index in [9.17, 15) is 4.79 Å². The van der Waals surface area contributed by atoms with Crippen LogP contribution in [-0.2, 0) is 9.53 Å². The van der Waals surface area contributed by atoms with Crippen molar-refractivity contribution in [1.82, 2.24) is 10.2 Å². The van der Waals surface area contributed by atoms with Crippen molar-refractivity contribution < 1.29 is 14.3 Å². The first-order valence-corrected chi connectivity index (χ1v) is 9.49. The lowest BCUT2D eigenvalue weighted by molar-refractivity contribution is -0.123. The zero-order valence-electron chi connectivity index (χ0n) is 13.8. The number of nitrogens with one attached hydrogen (secondary N) is 1. The Morgan fingerprint density at radius 3 is 2.80 bits per heavy atom. The zero-order valence-corrected chi connectivity index (χ0v) is 15.4. The minimum atomic E-state index is -0.158. The van der Waals surface area contributed by atoms with Gasteiger partial charge in [0.15, 0.2) is 6.61 Å². The van der Waals surface area contributed by atoms with Gasteiger partial charge in [-0.2, -0.15) is 0 Å². The number of carbonyl (C=O) groups is 1. The fraction of sp³-hybridized carbons (Fsp3) is 0.389. The number of nitrogens with zero attached hydrogens (tertiary/aromatic N) is 1. The Bertz CT molecular complexity index is 675. The van der Waals surface area contributed by atoms with Gasteiger partial charge in [-0.3, -0.25) is 9.69 Å². The van der Waals surface area contributed by atoms with Gasteiger partial charge < -0.3 is 14.8 Å². The van der Waals surface area contributed by atoms with Crippen molar-refractivity contribution in [2.75, 3.05) is 39.5 Å². The molecule has 7 heteroatoms. The summed E-state index contributed by atoms with van der Waals surface area (Å²) in [6.07, 6.45) is 0. The molecule has 1 aromatic carbocycles. The third-order valence-electron chi connectivity index (χ3n) is 4.05. The second kappa shape index (κ2) is 9.20. The van der Waals surface area contributed by atoms with Crippen LogP contribution in [0.5, 0.6) is 5.75 Å². The number of benzene rings is 1. The second-order valence-corrected chi connectivity index (χ2v) is 7.09. The minimum absolute atomic E-state index is 0.0516. The highest BCUT2D eigenvalue weighted by molar-refractivity contribution is 7.10. The lowest BCUT2D eigenvalue weighted by Gasteiger charge is -2.34. The van der Waals surface area contributed by atoms with Crippen molar-refractivity contribution in [2.45, 2.75) is 6.04 Å². The van der Waals surface area contributed by atoms with Gasteiger partial charge in [-0.1, -0.05) is 29.8 Å². The maximum Gasteiger partial charge on any atom is 0.258 e. The summed E-state index contributed by atoms with van der Waals surface area (Å²) >= 11 is 7.74. The largest absolute Gasteiger partial charge is 0.482 e. The molecule has 1 amide bonds. The van der Waals surface area contributed by atoms with Crippen LogP contribution in [0, 0.1) is 0 Å². The molecule has 5 nitrogen and oxygen atoms in total. The Kier molecular flexibility index (Phi) is 6.69. The van der Waals surface area contributed by atoms with Gasteiger partial charge in [0.25, 0.3) is 5.91 Å². The van der Waals surface area contributed by atoms with Gasteiger partial charge in [0, 0.05) is 24.5 Å². The number of para-hydroxylation sites is 1. The topological polar surface area (TPSA) is 50.8 Å². The SMILES string of the molecule is O=C(COc1ccccc1Cl)NC[C@@H](c1cccs1)N1CCOCC1. The van der Waals surface area contributed by atoms with E-state index in [0.717, 1.165) is 26.3 Å². The number of rotatable bonds is 7. The molecule has 0 aliphatic carbocycles. The summed E-state index contributed by atoms with van der Waals surface area (Å²) in [7, 11) is 0. The van der Waals surface area contributed by atoms with Gasteiger partial charge in [0.05, 0.1) is 24.3 Å². The van der Waals surface area contributed by atoms with Crippen LogP contribution >= 0.6 is 22.9 Å². The maximum atomic E-state index is 12.2. The average Bonchev–Trinajstić information content (AvgIpc) is 3.16. The number of ether oxygens (including phenoxy) is 2. The van der Waals surface area contributed by atoms with Crippen LogP contribution in [-0.4, -0.2) is 50.3 Å². The quantitative estimate of drug-likeness (QED) is 0.802. The van der Waals surface area contributed by atoms with Crippen molar-refractivity contribution in [3.05, 3.63) is 51.7 Å². The molecule has 2 heterocycles. The zero-order chi connectivity index (χ0) is 17.5. The molecular formula is C18H21ClN2O3S.